The Morgan fingerprint density at radius 2 is 1.65 bits per heavy atom. The Labute approximate surface area is 160 Å². The number of benzene rings is 2. The maximum Gasteiger partial charge on any atom is 0.191 e. The van der Waals surface area contributed by atoms with Crippen LogP contribution in [0.15, 0.2) is 54.6 Å². The van der Waals surface area contributed by atoms with E-state index in [1.165, 1.54) is 0 Å². The molecule has 0 amide bonds. The number of rotatable bonds is 8. The van der Waals surface area contributed by atoms with E-state index in [1.807, 2.05) is 82.3 Å². The Morgan fingerprint density at radius 3 is 2.19 bits per heavy atom. The van der Waals surface area contributed by atoms with Gasteiger partial charge in [0.1, 0.15) is 10.8 Å². The summed E-state index contributed by atoms with van der Waals surface area (Å²) in [6.07, 6.45) is 0.557. The van der Waals surface area contributed by atoms with E-state index in [1.54, 1.807) is 0 Å². The summed E-state index contributed by atoms with van der Waals surface area (Å²) in [5.74, 6) is 0. The third kappa shape index (κ3) is 6.26. The fraction of sp³-hybridized carbons (Fsp3) is 0.400. The van der Waals surface area contributed by atoms with Crippen molar-refractivity contribution in [2.45, 2.75) is 45.1 Å². The van der Waals surface area contributed by atoms with Gasteiger partial charge in [-0.05, 0) is 37.5 Å². The van der Waals surface area contributed by atoms with Gasteiger partial charge in [-0.15, -0.1) is 4.72 Å². The van der Waals surface area contributed by atoms with Crippen LogP contribution in [0.25, 0.3) is 0 Å². The maximum absolute atomic E-state index is 12.6. The maximum atomic E-state index is 12.6. The summed E-state index contributed by atoms with van der Waals surface area (Å²) in [4.78, 5) is 0. The van der Waals surface area contributed by atoms with E-state index in [0.717, 1.165) is 16.7 Å². The second kappa shape index (κ2) is 9.72. The molecule has 2 aromatic carbocycles. The molecule has 0 bridgehead atoms. The van der Waals surface area contributed by atoms with Crippen LogP contribution in [0.4, 0.5) is 0 Å². The highest BCUT2D eigenvalue weighted by Crippen LogP contribution is 2.27. The molecule has 2 unspecified atom stereocenters. The van der Waals surface area contributed by atoms with Gasteiger partial charge in [0.15, 0.2) is 8.03 Å². The van der Waals surface area contributed by atoms with Crippen molar-refractivity contribution in [2.24, 2.45) is 0 Å². The zero-order valence-electron chi connectivity index (χ0n) is 15.8. The summed E-state index contributed by atoms with van der Waals surface area (Å²) in [5, 5.41) is 0. The fourth-order valence-electron chi connectivity index (χ4n) is 2.33. The largest absolute Gasteiger partial charge is 0.598 e. The molecule has 4 nitrogen and oxygen atoms in total. The first-order valence-electron chi connectivity index (χ1n) is 8.78. The third-order valence-electron chi connectivity index (χ3n) is 3.92. The van der Waals surface area contributed by atoms with Crippen LogP contribution in [0.3, 0.4) is 0 Å². The molecule has 0 saturated heterocycles. The summed E-state index contributed by atoms with van der Waals surface area (Å²) in [6.45, 7) is 8.07. The average molecular weight is 393 g/mol. The number of hydrogen-bond acceptors (Lipinski definition) is 4. The van der Waals surface area contributed by atoms with Crippen molar-refractivity contribution >= 4 is 19.4 Å². The minimum absolute atomic E-state index is 0.166. The molecular weight excluding hydrogens is 365 g/mol. The molecule has 142 valence electrons. The Kier molecular flexibility index (Phi) is 7.93. The van der Waals surface area contributed by atoms with Crippen LogP contribution in [0.1, 0.15) is 50.4 Å². The van der Waals surface area contributed by atoms with Gasteiger partial charge in [-0.1, -0.05) is 61.5 Å². The molecule has 0 fully saturated rings. The Hall–Kier alpha value is -1.10. The van der Waals surface area contributed by atoms with Crippen LogP contribution in [-0.2, 0) is 27.1 Å². The van der Waals surface area contributed by atoms with Gasteiger partial charge in [0.25, 0.3) is 0 Å². The van der Waals surface area contributed by atoms with Gasteiger partial charge in [0.2, 0.25) is 0 Å². The Balaban J connectivity index is 2.21. The summed E-state index contributed by atoms with van der Waals surface area (Å²) >= 11 is -1.20. The van der Waals surface area contributed by atoms with Gasteiger partial charge in [0.05, 0.1) is 6.61 Å². The van der Waals surface area contributed by atoms with Crippen molar-refractivity contribution in [3.8, 4) is 0 Å². The van der Waals surface area contributed by atoms with Crippen molar-refractivity contribution in [1.82, 2.24) is 4.72 Å². The molecule has 0 aliphatic heterocycles. The van der Waals surface area contributed by atoms with E-state index >= 15 is 0 Å². The van der Waals surface area contributed by atoms with Crippen molar-refractivity contribution < 1.29 is 13.6 Å². The SMILES string of the molecule is CC[PH](=O)OCc1ccc([C@H](N[S+]([O-])C(C)(C)C)c2ccccc2)cc1. The van der Waals surface area contributed by atoms with Gasteiger partial charge in [-0.2, -0.15) is 0 Å². The Bertz CT molecular complexity index is 701. The number of hydrogen-bond donors (Lipinski definition) is 1. The molecule has 0 spiro atoms. The molecule has 0 aromatic heterocycles. The predicted molar refractivity (Wildman–Crippen MR) is 110 cm³/mol. The lowest BCUT2D eigenvalue weighted by molar-refractivity contribution is 0.319. The molecule has 0 aliphatic carbocycles. The van der Waals surface area contributed by atoms with Crippen molar-refractivity contribution in [1.29, 1.82) is 0 Å². The topological polar surface area (TPSA) is 61.4 Å². The van der Waals surface area contributed by atoms with Gasteiger partial charge in [-0.25, -0.2) is 0 Å². The lowest BCUT2D eigenvalue weighted by Crippen LogP contribution is -2.41. The van der Waals surface area contributed by atoms with E-state index in [2.05, 4.69) is 4.72 Å². The molecule has 3 atom stereocenters. The zero-order valence-corrected chi connectivity index (χ0v) is 17.6. The molecule has 2 aromatic rings. The average Bonchev–Trinajstić information content (AvgIpc) is 2.64. The van der Waals surface area contributed by atoms with Gasteiger partial charge < -0.3 is 9.08 Å². The van der Waals surface area contributed by atoms with Crippen LogP contribution in [0.5, 0.6) is 0 Å². The summed E-state index contributed by atoms with van der Waals surface area (Å²) in [7, 11) is -1.93. The van der Waals surface area contributed by atoms with Crippen LogP contribution in [0.2, 0.25) is 0 Å². The van der Waals surface area contributed by atoms with E-state index in [-0.39, 0.29) is 10.8 Å². The smallest absolute Gasteiger partial charge is 0.191 e. The molecule has 26 heavy (non-hydrogen) atoms. The second-order valence-corrected chi connectivity index (χ2v) is 10.8. The van der Waals surface area contributed by atoms with Crippen LogP contribution in [0, 0.1) is 0 Å². The summed E-state index contributed by atoms with van der Waals surface area (Å²) in [5.41, 5.74) is 3.06. The highest BCUT2D eigenvalue weighted by molar-refractivity contribution is 7.90. The quantitative estimate of drug-likeness (QED) is 0.515. The normalized spacial score (nSPS) is 15.4. The molecule has 0 saturated carbocycles. The molecular formula is C20H28NO3PS. The van der Waals surface area contributed by atoms with Crippen LogP contribution < -0.4 is 4.72 Å². The van der Waals surface area contributed by atoms with Crippen LogP contribution in [-0.4, -0.2) is 15.5 Å². The molecule has 2 rings (SSSR count). The third-order valence-corrected chi connectivity index (χ3v) is 6.52. The zero-order chi connectivity index (χ0) is 19.2. The monoisotopic (exact) mass is 393 g/mol. The van der Waals surface area contributed by atoms with Crippen molar-refractivity contribution in [3.63, 3.8) is 0 Å². The molecule has 6 heteroatoms. The summed E-state index contributed by atoms with van der Waals surface area (Å²) in [6, 6.07) is 17.8. The summed E-state index contributed by atoms with van der Waals surface area (Å²) < 4.78 is 32.4. The van der Waals surface area contributed by atoms with Crippen molar-refractivity contribution in [3.05, 3.63) is 71.3 Å². The first-order chi connectivity index (χ1) is 12.3. The Morgan fingerprint density at radius 1 is 1.08 bits per heavy atom. The van der Waals surface area contributed by atoms with E-state index in [9.17, 15) is 9.12 Å². The van der Waals surface area contributed by atoms with E-state index in [0.29, 0.717) is 12.8 Å². The molecule has 0 radical (unpaired) electrons. The highest BCUT2D eigenvalue weighted by Gasteiger charge is 2.30. The standard InChI is InChI=1S/C20H28NO3PS/c1-5-25(22)24-15-16-11-13-18(14-12-16)19(17-9-7-6-8-10-17)21-26(23)20(2,3)4/h6-14,19,21,25H,5,15H2,1-4H3/t19-,26?/m1/s1. The minimum atomic E-state index is -1.93. The number of nitrogens with one attached hydrogen (secondary N) is 1. The molecule has 1 N–H and O–H groups in total. The minimum Gasteiger partial charge on any atom is -0.598 e. The fourth-order valence-corrected chi connectivity index (χ4v) is 3.70. The van der Waals surface area contributed by atoms with E-state index in [4.69, 9.17) is 4.52 Å². The van der Waals surface area contributed by atoms with E-state index < -0.39 is 19.4 Å². The molecule has 0 heterocycles. The van der Waals surface area contributed by atoms with Crippen LogP contribution >= 0.6 is 8.03 Å². The van der Waals surface area contributed by atoms with Gasteiger partial charge in [0, 0.05) is 17.5 Å². The van der Waals surface area contributed by atoms with Gasteiger partial charge >= 0.3 is 0 Å². The lowest BCUT2D eigenvalue weighted by atomic mass is 9.99. The lowest BCUT2D eigenvalue weighted by Gasteiger charge is -2.28. The highest BCUT2D eigenvalue weighted by atomic mass is 32.2. The second-order valence-electron chi connectivity index (χ2n) is 7.10. The first kappa shape index (κ1) is 21.2. The molecule has 0 aliphatic rings. The van der Waals surface area contributed by atoms with Crippen molar-refractivity contribution in [2.75, 3.05) is 6.16 Å². The first-order valence-corrected chi connectivity index (χ1v) is 11.5. The van der Waals surface area contributed by atoms with Gasteiger partial charge in [-0.3, -0.25) is 4.57 Å². The predicted octanol–water partition coefficient (Wildman–Crippen LogP) is 4.84.